The lowest BCUT2D eigenvalue weighted by atomic mass is 10.1. The van der Waals surface area contributed by atoms with Gasteiger partial charge in [0.25, 0.3) is 5.69 Å². The van der Waals surface area contributed by atoms with E-state index in [4.69, 9.17) is 0 Å². The average molecular weight is 429 g/mol. The lowest BCUT2D eigenvalue weighted by Crippen LogP contribution is -2.35. The first-order valence-corrected chi connectivity index (χ1v) is 9.12. The van der Waals surface area contributed by atoms with Crippen molar-refractivity contribution in [3.05, 3.63) is 31.9 Å². The highest BCUT2D eigenvalue weighted by Crippen LogP contribution is 2.30. The molecule has 124 valence electrons. The third-order valence-electron chi connectivity index (χ3n) is 4.72. The number of anilines is 1. The summed E-state index contributed by atoms with van der Waals surface area (Å²) in [5.74, 6) is 0.463. The number of nitro groups is 1. The van der Waals surface area contributed by atoms with Crippen LogP contribution in [-0.2, 0) is 4.79 Å². The van der Waals surface area contributed by atoms with Crippen LogP contribution in [0.3, 0.4) is 0 Å². The molecular weight excluding hydrogens is 409 g/mol. The summed E-state index contributed by atoms with van der Waals surface area (Å²) in [7, 11) is 0. The fraction of sp³-hybridized carbons (Fsp3) is 0.562. The number of hydrogen-bond donors (Lipinski definition) is 1. The average Bonchev–Trinajstić information content (AvgIpc) is 3.19. The number of carbonyl (C=O) groups is 1. The van der Waals surface area contributed by atoms with Crippen molar-refractivity contribution >= 4 is 39.9 Å². The molecule has 1 saturated heterocycles. The maximum atomic E-state index is 12.5. The van der Waals surface area contributed by atoms with Crippen molar-refractivity contribution in [2.45, 2.75) is 38.1 Å². The van der Waals surface area contributed by atoms with E-state index >= 15 is 0 Å². The van der Waals surface area contributed by atoms with E-state index in [1.165, 1.54) is 0 Å². The van der Waals surface area contributed by atoms with Crippen molar-refractivity contribution in [1.29, 1.82) is 0 Å². The Balaban J connectivity index is 1.64. The molecule has 0 aromatic heterocycles. The number of likely N-dealkylation sites (tertiary alicyclic amines) is 1. The zero-order valence-corrected chi connectivity index (χ0v) is 15.0. The van der Waals surface area contributed by atoms with Crippen molar-refractivity contribution in [3.8, 4) is 0 Å². The Bertz CT molecular complexity index is 617. The van der Waals surface area contributed by atoms with Gasteiger partial charge in [0, 0.05) is 34.7 Å². The van der Waals surface area contributed by atoms with Gasteiger partial charge >= 0.3 is 0 Å². The Morgan fingerprint density at radius 3 is 2.74 bits per heavy atom. The van der Waals surface area contributed by atoms with Gasteiger partial charge in [0.05, 0.1) is 4.92 Å². The molecule has 1 heterocycles. The fourth-order valence-corrected chi connectivity index (χ4v) is 3.98. The summed E-state index contributed by atoms with van der Waals surface area (Å²) < 4.78 is 0.837. The minimum atomic E-state index is -0.360. The highest BCUT2D eigenvalue weighted by Gasteiger charge is 2.32. The van der Waals surface area contributed by atoms with E-state index in [2.05, 4.69) is 27.9 Å². The molecule has 2 fully saturated rings. The van der Waals surface area contributed by atoms with Crippen LogP contribution in [0, 0.1) is 19.6 Å². The van der Waals surface area contributed by atoms with E-state index in [9.17, 15) is 14.9 Å². The van der Waals surface area contributed by atoms with Crippen LogP contribution < -0.4 is 5.32 Å². The van der Waals surface area contributed by atoms with Crippen molar-refractivity contribution in [2.75, 3.05) is 18.4 Å². The van der Waals surface area contributed by atoms with Crippen molar-refractivity contribution < 1.29 is 9.72 Å². The van der Waals surface area contributed by atoms with Crippen LogP contribution in [-0.4, -0.2) is 34.9 Å². The van der Waals surface area contributed by atoms with E-state index in [0.717, 1.165) is 42.2 Å². The molecule has 1 aromatic carbocycles. The van der Waals surface area contributed by atoms with Crippen molar-refractivity contribution in [2.24, 2.45) is 5.92 Å². The molecule has 1 aliphatic heterocycles. The molecule has 0 bridgehead atoms. The number of rotatable bonds is 4. The molecule has 3 rings (SSSR count). The Labute approximate surface area is 148 Å². The van der Waals surface area contributed by atoms with Gasteiger partial charge in [0.2, 0.25) is 5.91 Å². The number of amides is 1. The number of benzene rings is 1. The predicted molar refractivity (Wildman–Crippen MR) is 96.4 cm³/mol. The zero-order chi connectivity index (χ0) is 16.4. The van der Waals surface area contributed by atoms with Gasteiger partial charge in [-0.25, -0.2) is 0 Å². The molecule has 0 spiro atoms. The van der Waals surface area contributed by atoms with Crippen LogP contribution in [0.4, 0.5) is 11.4 Å². The van der Waals surface area contributed by atoms with Crippen LogP contribution in [0.1, 0.15) is 32.1 Å². The van der Waals surface area contributed by atoms with Crippen LogP contribution in [0.15, 0.2) is 18.2 Å². The van der Waals surface area contributed by atoms with Crippen molar-refractivity contribution in [3.63, 3.8) is 0 Å². The molecule has 7 heteroatoms. The van der Waals surface area contributed by atoms with Gasteiger partial charge in [0.15, 0.2) is 0 Å². The fourth-order valence-electron chi connectivity index (χ4n) is 3.51. The van der Waals surface area contributed by atoms with E-state index in [0.29, 0.717) is 12.2 Å². The van der Waals surface area contributed by atoms with Gasteiger partial charge < -0.3 is 10.2 Å². The largest absolute Gasteiger partial charge is 0.375 e. The molecule has 2 aliphatic rings. The smallest absolute Gasteiger partial charge is 0.293 e. The molecule has 1 amide bonds. The van der Waals surface area contributed by atoms with E-state index in [-0.39, 0.29) is 28.5 Å². The number of nitro benzene ring substituents is 1. The molecule has 1 aliphatic carbocycles. The first kappa shape index (κ1) is 16.5. The summed E-state index contributed by atoms with van der Waals surface area (Å²) in [5.41, 5.74) is 0.632. The third-order valence-corrected chi connectivity index (χ3v) is 5.39. The van der Waals surface area contributed by atoms with Gasteiger partial charge in [-0.1, -0.05) is 12.8 Å². The number of carbonyl (C=O) groups excluding carboxylic acids is 1. The molecule has 1 saturated carbocycles. The maximum Gasteiger partial charge on any atom is 0.293 e. The first-order valence-electron chi connectivity index (χ1n) is 8.04. The topological polar surface area (TPSA) is 75.5 Å². The molecule has 0 radical (unpaired) electrons. The second kappa shape index (κ2) is 7.02. The zero-order valence-electron chi connectivity index (χ0n) is 12.8. The van der Waals surface area contributed by atoms with Gasteiger partial charge in [-0.2, -0.15) is 0 Å². The molecule has 23 heavy (non-hydrogen) atoms. The quantitative estimate of drug-likeness (QED) is 0.452. The summed E-state index contributed by atoms with van der Waals surface area (Å²) in [6, 6.07) is 5.26. The minimum Gasteiger partial charge on any atom is -0.375 e. The Hall–Kier alpha value is -1.38. The van der Waals surface area contributed by atoms with E-state index < -0.39 is 0 Å². The second-order valence-corrected chi connectivity index (χ2v) is 7.56. The van der Waals surface area contributed by atoms with Gasteiger partial charge in [-0.15, -0.1) is 0 Å². The highest BCUT2D eigenvalue weighted by atomic mass is 127. The van der Waals surface area contributed by atoms with E-state index in [1.807, 2.05) is 11.0 Å². The van der Waals surface area contributed by atoms with Crippen LogP contribution >= 0.6 is 22.6 Å². The summed E-state index contributed by atoms with van der Waals surface area (Å²) in [6.07, 6.45) is 5.16. The normalized spacial score (nSPS) is 21.6. The molecule has 1 unspecified atom stereocenters. The lowest BCUT2D eigenvalue weighted by Gasteiger charge is -2.21. The number of nitrogens with zero attached hydrogens (tertiary/aromatic N) is 2. The molecule has 1 N–H and O–H groups in total. The standard InChI is InChI=1S/C16H20IN3O3/c17-12-5-6-14(15(9-12)20(22)23)18-13-7-8-19(10-13)16(21)11-3-1-2-4-11/h5-6,9,11,13,18H,1-4,7-8,10H2. The number of nitrogens with one attached hydrogen (secondary N) is 1. The van der Waals surface area contributed by atoms with Crippen LogP contribution in [0.2, 0.25) is 0 Å². The summed E-state index contributed by atoms with van der Waals surface area (Å²) in [5, 5.41) is 14.4. The van der Waals surface area contributed by atoms with Gasteiger partial charge in [0.1, 0.15) is 5.69 Å². The Morgan fingerprint density at radius 1 is 1.30 bits per heavy atom. The molecule has 6 nitrogen and oxygen atoms in total. The van der Waals surface area contributed by atoms with Crippen LogP contribution in [0.5, 0.6) is 0 Å². The summed E-state index contributed by atoms with van der Waals surface area (Å²) >= 11 is 2.07. The SMILES string of the molecule is O=C(C1CCCC1)N1CCC(Nc2ccc(I)cc2[N+](=O)[O-])C1. The molecular formula is C16H20IN3O3. The summed E-state index contributed by atoms with van der Waals surface area (Å²) in [4.78, 5) is 25.2. The lowest BCUT2D eigenvalue weighted by molar-refractivity contribution is -0.384. The van der Waals surface area contributed by atoms with Gasteiger partial charge in [-0.05, 0) is 54.0 Å². The van der Waals surface area contributed by atoms with Crippen LogP contribution in [0.25, 0.3) is 0 Å². The third kappa shape index (κ3) is 3.76. The first-order chi connectivity index (χ1) is 11.0. The van der Waals surface area contributed by atoms with Crippen molar-refractivity contribution in [1.82, 2.24) is 4.90 Å². The number of halogens is 1. The minimum absolute atomic E-state index is 0.0825. The molecule has 1 aromatic rings. The maximum absolute atomic E-state index is 12.5. The Morgan fingerprint density at radius 2 is 2.04 bits per heavy atom. The van der Waals surface area contributed by atoms with E-state index in [1.54, 1.807) is 12.1 Å². The highest BCUT2D eigenvalue weighted by molar-refractivity contribution is 14.1. The monoisotopic (exact) mass is 429 g/mol. The number of hydrogen-bond acceptors (Lipinski definition) is 4. The molecule has 1 atom stereocenters. The van der Waals surface area contributed by atoms with Gasteiger partial charge in [-0.3, -0.25) is 14.9 Å². The Kier molecular flexibility index (Phi) is 5.03. The second-order valence-electron chi connectivity index (χ2n) is 6.31. The predicted octanol–water partition coefficient (Wildman–Crippen LogP) is 3.40. The summed E-state index contributed by atoms with van der Waals surface area (Å²) in [6.45, 7) is 1.38.